The number of hydrogen-bond acceptors (Lipinski definition) is 7. The van der Waals surface area contributed by atoms with Gasteiger partial charge < -0.3 is 20.1 Å². The van der Waals surface area contributed by atoms with Gasteiger partial charge >= 0.3 is 5.97 Å². The minimum absolute atomic E-state index is 0.00573. The van der Waals surface area contributed by atoms with Crippen molar-refractivity contribution in [3.63, 3.8) is 0 Å². The number of nitrogens with zero attached hydrogens (tertiary/aromatic N) is 1. The first-order chi connectivity index (χ1) is 27.5. The van der Waals surface area contributed by atoms with Gasteiger partial charge in [0.25, 0.3) is 0 Å². The van der Waals surface area contributed by atoms with Crippen LogP contribution in [0.1, 0.15) is 164 Å². The van der Waals surface area contributed by atoms with Crippen molar-refractivity contribution in [1.29, 1.82) is 0 Å². The van der Waals surface area contributed by atoms with Crippen molar-refractivity contribution in [2.75, 3.05) is 13.1 Å². The zero-order valence-electron chi connectivity index (χ0n) is 37.3. The lowest BCUT2D eigenvalue weighted by Crippen LogP contribution is -2.67. The van der Waals surface area contributed by atoms with E-state index in [1.54, 1.807) is 0 Å². The smallest absolute Gasteiger partial charge is 0.306 e. The number of carbonyl (C=O) groups is 2. The van der Waals surface area contributed by atoms with Gasteiger partial charge in [-0.1, -0.05) is 34.6 Å². The molecule has 10 rings (SSSR count). The van der Waals surface area contributed by atoms with E-state index in [1.807, 2.05) is 0 Å². The molecule has 2 saturated heterocycles. The summed E-state index contributed by atoms with van der Waals surface area (Å²) in [6, 6.07) is 0.301. The highest BCUT2D eigenvalue weighted by atomic mass is 16.5. The van der Waals surface area contributed by atoms with Crippen LogP contribution in [0.25, 0.3) is 0 Å². The fraction of sp³-hybridized carbons (Fsp3) is 0.961. The highest BCUT2D eigenvalue weighted by molar-refractivity contribution is 5.83. The average molecular weight is 804 g/mol. The van der Waals surface area contributed by atoms with E-state index in [0.29, 0.717) is 108 Å². The molecule has 3 N–H and O–H groups in total. The van der Waals surface area contributed by atoms with E-state index in [4.69, 9.17) is 4.74 Å². The molecule has 2 aliphatic heterocycles. The quantitative estimate of drug-likeness (QED) is 0.239. The van der Waals surface area contributed by atoms with Crippen LogP contribution >= 0.6 is 0 Å². The molecule has 0 aromatic heterocycles. The van der Waals surface area contributed by atoms with Crippen molar-refractivity contribution in [2.24, 2.45) is 99.1 Å². The zero-order valence-corrected chi connectivity index (χ0v) is 37.3. The summed E-state index contributed by atoms with van der Waals surface area (Å²) in [6.07, 6.45) is 18.3. The molecule has 0 aromatic rings. The summed E-state index contributed by atoms with van der Waals surface area (Å²) >= 11 is 0. The largest absolute Gasteiger partial charge is 0.462 e. The van der Waals surface area contributed by atoms with E-state index in [-0.39, 0.29) is 46.4 Å². The monoisotopic (exact) mass is 804 g/mol. The molecule has 0 bridgehead atoms. The highest BCUT2D eigenvalue weighted by Crippen LogP contribution is 2.69. The maximum absolute atomic E-state index is 14.2. The number of Topliss-reactive ketones (excluding diaryl/α,β-unsaturated/α-hetero) is 1. The number of hydrogen-bond donors (Lipinski definition) is 3. The average Bonchev–Trinajstić information content (AvgIpc) is 3.73. The normalized spacial score (nSPS) is 56.6. The zero-order chi connectivity index (χ0) is 40.7. The second kappa shape index (κ2) is 14.5. The molecule has 7 nitrogen and oxygen atoms in total. The Hall–Kier alpha value is -1.02. The molecule has 326 valence electrons. The van der Waals surface area contributed by atoms with E-state index < -0.39 is 5.60 Å². The van der Waals surface area contributed by atoms with E-state index in [9.17, 15) is 24.9 Å². The lowest BCUT2D eigenvalue weighted by atomic mass is 9.43. The molecule has 8 aliphatic carbocycles. The van der Waals surface area contributed by atoms with Crippen LogP contribution in [-0.2, 0) is 14.3 Å². The maximum Gasteiger partial charge on any atom is 0.306 e. The summed E-state index contributed by atoms with van der Waals surface area (Å²) < 4.78 is 6.32. The molecule has 0 radical (unpaired) electrons. The van der Waals surface area contributed by atoms with Crippen molar-refractivity contribution >= 4 is 11.8 Å². The Morgan fingerprint density at radius 2 is 1.50 bits per heavy atom. The number of esters is 1. The molecule has 0 aromatic carbocycles. The Morgan fingerprint density at radius 1 is 0.759 bits per heavy atom. The summed E-state index contributed by atoms with van der Waals surface area (Å²) in [6.45, 7) is 16.6. The molecular formula is C51H81NO6. The fourth-order valence-corrected chi connectivity index (χ4v) is 19.4. The highest BCUT2D eigenvalue weighted by Gasteiger charge is 2.66. The number of fused-ring (bicyclic) bond motifs is 13. The Labute approximate surface area is 351 Å². The topological polar surface area (TPSA) is 107 Å². The third-order valence-electron chi connectivity index (χ3n) is 22.3. The van der Waals surface area contributed by atoms with Crippen molar-refractivity contribution in [2.45, 2.75) is 193 Å². The predicted octanol–water partition coefficient (Wildman–Crippen LogP) is 8.84. The molecule has 10 fully saturated rings. The van der Waals surface area contributed by atoms with Crippen LogP contribution in [0.5, 0.6) is 0 Å². The first-order valence-electron chi connectivity index (χ1n) is 25.1. The predicted molar refractivity (Wildman–Crippen MR) is 225 cm³/mol. The lowest BCUT2D eigenvalue weighted by molar-refractivity contribution is -0.175. The van der Waals surface area contributed by atoms with Crippen LogP contribution in [-0.4, -0.2) is 75.0 Å². The van der Waals surface area contributed by atoms with Crippen LogP contribution < -0.4 is 0 Å². The number of ether oxygens (including phenoxy) is 1. The first kappa shape index (κ1) is 41.0. The van der Waals surface area contributed by atoms with E-state index in [0.717, 1.165) is 70.9 Å². The van der Waals surface area contributed by atoms with Crippen LogP contribution in [0.3, 0.4) is 0 Å². The number of carbonyl (C=O) groups excluding carboxylic acids is 2. The molecule has 0 spiro atoms. The van der Waals surface area contributed by atoms with Crippen LogP contribution in [0.2, 0.25) is 0 Å². The van der Waals surface area contributed by atoms with Crippen molar-refractivity contribution in [3.05, 3.63) is 0 Å². The van der Waals surface area contributed by atoms with E-state index in [2.05, 4.69) is 46.4 Å². The molecule has 22 atom stereocenters. The van der Waals surface area contributed by atoms with Gasteiger partial charge in [-0.15, -0.1) is 0 Å². The fourth-order valence-electron chi connectivity index (χ4n) is 19.4. The molecular weight excluding hydrogens is 723 g/mol. The number of rotatable bonds is 5. The van der Waals surface area contributed by atoms with Gasteiger partial charge in [-0.3, -0.25) is 14.5 Å². The third-order valence-corrected chi connectivity index (χ3v) is 22.3. The number of ketones is 1. The molecule has 58 heavy (non-hydrogen) atoms. The summed E-state index contributed by atoms with van der Waals surface area (Å²) in [7, 11) is 0. The summed E-state index contributed by atoms with van der Waals surface area (Å²) in [4.78, 5) is 30.5. The van der Waals surface area contributed by atoms with Crippen LogP contribution in [0.15, 0.2) is 0 Å². The van der Waals surface area contributed by atoms with Crippen molar-refractivity contribution in [3.8, 4) is 0 Å². The SMILES string of the molecule is C[C@H]1CC[C@@H]2N(C1)C[C@H]1[C@@H]3C[C@H]4[C@@H](CC(=O)[C@H]5C[C@@H](OC(=O)CC[C@@H](C)[C@H]6CC[C@H]7[C@@H]8[C@@H](O)C[C@@H]9C[C@H](O)CC[C@]9(C)[C@H]8CC[C@]67C)CC[C@@]54C)[C@@H]3CC[C@@H]1[C@]2(C)O. The van der Waals surface area contributed by atoms with Crippen LogP contribution in [0.4, 0.5) is 0 Å². The minimum Gasteiger partial charge on any atom is -0.462 e. The standard InChI is InChI=1S/C51H81NO6/c1-28-7-13-45-51(6,57)38-10-9-33-34(36(38)27-52(45)26-28)24-41-35(33)25-43(54)42-23-32(16-19-50(41,42)5)58-46(56)14-8-29(2)37-11-12-39-47-40(17-20-49(37,39)4)48(3)18-15-31(53)21-30(48)22-44(47)55/h28-42,44-45,47,53,55,57H,7-27H2,1-6H3/t28-,29+,30-,31+,32-,33+,34+,35-,36-,37+,38-,39-,40-,41-,42+,44-,45-,47-,48-,49+,50+,51-/m0/s1. The second-order valence-corrected chi connectivity index (χ2v) is 24.6. The van der Waals surface area contributed by atoms with Gasteiger partial charge in [0.15, 0.2) is 0 Å². The van der Waals surface area contributed by atoms with Gasteiger partial charge in [-0.05, 0) is 209 Å². The van der Waals surface area contributed by atoms with E-state index >= 15 is 0 Å². The van der Waals surface area contributed by atoms with Gasteiger partial charge in [0.2, 0.25) is 0 Å². The van der Waals surface area contributed by atoms with Gasteiger partial charge in [0, 0.05) is 37.9 Å². The molecule has 2 heterocycles. The second-order valence-electron chi connectivity index (χ2n) is 24.6. The first-order valence-corrected chi connectivity index (χ1v) is 25.1. The summed E-state index contributed by atoms with van der Waals surface area (Å²) in [5.41, 5.74) is -0.188. The molecule has 8 saturated carbocycles. The van der Waals surface area contributed by atoms with Gasteiger partial charge in [0.1, 0.15) is 11.9 Å². The summed E-state index contributed by atoms with van der Waals surface area (Å²) in [5, 5.41) is 34.3. The number of piperidine rings is 2. The van der Waals surface area contributed by atoms with Crippen LogP contribution in [0, 0.1) is 99.1 Å². The minimum atomic E-state index is -0.622. The van der Waals surface area contributed by atoms with Crippen molar-refractivity contribution in [1.82, 2.24) is 4.90 Å². The Kier molecular flexibility index (Phi) is 10.3. The molecule has 10 aliphatic rings. The maximum atomic E-state index is 14.2. The molecule has 0 amide bonds. The van der Waals surface area contributed by atoms with Crippen molar-refractivity contribution < 1.29 is 29.6 Å². The molecule has 7 heteroatoms. The third kappa shape index (κ3) is 6.18. The Bertz CT molecular complexity index is 1600. The number of aliphatic hydroxyl groups excluding tert-OH is 2. The van der Waals surface area contributed by atoms with E-state index in [1.165, 1.54) is 44.9 Å². The Morgan fingerprint density at radius 3 is 2.31 bits per heavy atom. The summed E-state index contributed by atoms with van der Waals surface area (Å²) in [5.74, 6) is 7.15. The van der Waals surface area contributed by atoms with Gasteiger partial charge in [0.05, 0.1) is 17.8 Å². The van der Waals surface area contributed by atoms with Gasteiger partial charge in [-0.25, -0.2) is 0 Å². The van der Waals surface area contributed by atoms with Gasteiger partial charge in [-0.2, -0.15) is 0 Å². The lowest BCUT2D eigenvalue weighted by Gasteiger charge is -2.62. The molecule has 0 unspecified atom stereocenters. The Balaban J connectivity index is 0.750. The number of aliphatic hydroxyl groups is 3.